The Hall–Kier alpha value is -2.99. The molecule has 0 atom stereocenters. The fourth-order valence-corrected chi connectivity index (χ4v) is 2.53. The van der Waals surface area contributed by atoms with Crippen molar-refractivity contribution < 1.29 is 14.3 Å². The molecule has 0 aliphatic rings. The molecule has 0 saturated carbocycles. The second-order valence-electron chi connectivity index (χ2n) is 5.36. The molecular weight excluding hydrogens is 311 g/mol. The number of rotatable bonds is 4. The first-order valence-corrected chi connectivity index (χ1v) is 7.37. The lowest BCUT2D eigenvalue weighted by Crippen LogP contribution is -2.25. The minimum absolute atomic E-state index is 0.160. The summed E-state index contributed by atoms with van der Waals surface area (Å²) in [6.07, 6.45) is 0. The number of aromatic amines is 1. The number of nitrogens with one attached hydrogen (secondary N) is 2. The van der Waals surface area contributed by atoms with E-state index in [1.54, 1.807) is 24.3 Å². The number of hydrogen-bond acceptors (Lipinski definition) is 3. The molecule has 6 heteroatoms. The Morgan fingerprint density at radius 2 is 1.96 bits per heavy atom. The van der Waals surface area contributed by atoms with Crippen molar-refractivity contribution in [1.29, 1.82) is 0 Å². The van der Waals surface area contributed by atoms with Gasteiger partial charge in [-0.15, -0.1) is 0 Å². The molecule has 0 aliphatic heterocycles. The molecule has 5 nitrogen and oxygen atoms in total. The van der Waals surface area contributed by atoms with Gasteiger partial charge in [-0.1, -0.05) is 24.3 Å². The molecule has 3 aromatic rings. The van der Waals surface area contributed by atoms with Crippen LogP contribution in [0.15, 0.2) is 53.3 Å². The van der Waals surface area contributed by atoms with Gasteiger partial charge in [0.05, 0.1) is 12.2 Å². The number of amides is 1. The van der Waals surface area contributed by atoms with E-state index in [9.17, 15) is 14.0 Å². The third kappa shape index (κ3) is 3.18. The normalized spacial score (nSPS) is 10.8. The van der Waals surface area contributed by atoms with Crippen molar-refractivity contribution in [3.05, 3.63) is 81.4 Å². The summed E-state index contributed by atoms with van der Waals surface area (Å²) in [6, 6.07) is 12.6. The topological polar surface area (TPSA) is 82.2 Å². The van der Waals surface area contributed by atoms with Crippen LogP contribution in [0.25, 0.3) is 10.9 Å². The predicted molar refractivity (Wildman–Crippen MR) is 88.1 cm³/mol. The average molecular weight is 326 g/mol. The zero-order valence-electron chi connectivity index (χ0n) is 12.7. The maximum Gasteiger partial charge on any atom is 0.252 e. The summed E-state index contributed by atoms with van der Waals surface area (Å²) in [5.41, 5.74) is 1.33. The third-order valence-electron chi connectivity index (χ3n) is 3.73. The van der Waals surface area contributed by atoms with E-state index in [1.165, 1.54) is 24.3 Å². The highest BCUT2D eigenvalue weighted by molar-refractivity contribution is 6.05. The lowest BCUT2D eigenvalue weighted by molar-refractivity contribution is 0.0952. The number of aliphatic hydroxyl groups excluding tert-OH is 1. The number of pyridine rings is 1. The number of para-hydroxylation sites is 1. The largest absolute Gasteiger partial charge is 0.392 e. The molecule has 0 bridgehead atoms. The Bertz CT molecular complexity index is 966. The summed E-state index contributed by atoms with van der Waals surface area (Å²) in [4.78, 5) is 26.8. The van der Waals surface area contributed by atoms with Crippen molar-refractivity contribution in [1.82, 2.24) is 10.3 Å². The van der Waals surface area contributed by atoms with Crippen LogP contribution < -0.4 is 10.9 Å². The van der Waals surface area contributed by atoms with Crippen molar-refractivity contribution in [2.45, 2.75) is 13.2 Å². The molecule has 0 radical (unpaired) electrons. The summed E-state index contributed by atoms with van der Waals surface area (Å²) in [5.74, 6) is -0.889. The molecule has 2 aromatic carbocycles. The minimum atomic E-state index is -0.492. The van der Waals surface area contributed by atoms with Gasteiger partial charge in [0.1, 0.15) is 5.82 Å². The van der Waals surface area contributed by atoms with Gasteiger partial charge in [-0.3, -0.25) is 9.59 Å². The molecule has 1 aromatic heterocycles. The van der Waals surface area contributed by atoms with Crippen LogP contribution in [0.5, 0.6) is 0 Å². The van der Waals surface area contributed by atoms with Crippen molar-refractivity contribution >= 4 is 16.8 Å². The molecule has 0 unspecified atom stereocenters. The van der Waals surface area contributed by atoms with Crippen LogP contribution in [-0.2, 0) is 13.2 Å². The second kappa shape index (κ2) is 6.64. The van der Waals surface area contributed by atoms with Crippen LogP contribution in [0.3, 0.4) is 0 Å². The first kappa shape index (κ1) is 15.9. The van der Waals surface area contributed by atoms with Crippen molar-refractivity contribution in [3.63, 3.8) is 0 Å². The van der Waals surface area contributed by atoms with Gasteiger partial charge in [0.2, 0.25) is 5.56 Å². The van der Waals surface area contributed by atoms with Crippen molar-refractivity contribution in [2.75, 3.05) is 0 Å². The van der Waals surface area contributed by atoms with Crippen LogP contribution >= 0.6 is 0 Å². The van der Waals surface area contributed by atoms with Crippen LogP contribution in [0.2, 0.25) is 0 Å². The first-order valence-electron chi connectivity index (χ1n) is 7.37. The highest BCUT2D eigenvalue weighted by Gasteiger charge is 2.12. The van der Waals surface area contributed by atoms with Gasteiger partial charge in [-0.2, -0.15) is 0 Å². The maximum atomic E-state index is 13.4. The Labute approximate surface area is 136 Å². The van der Waals surface area contributed by atoms with Crippen LogP contribution in [0.4, 0.5) is 4.39 Å². The third-order valence-corrected chi connectivity index (χ3v) is 3.73. The van der Waals surface area contributed by atoms with Crippen molar-refractivity contribution in [2.24, 2.45) is 0 Å². The maximum absolute atomic E-state index is 13.4. The van der Waals surface area contributed by atoms with Gasteiger partial charge < -0.3 is 15.4 Å². The minimum Gasteiger partial charge on any atom is -0.392 e. The van der Waals surface area contributed by atoms with Gasteiger partial charge in [0.25, 0.3) is 5.91 Å². The predicted octanol–water partition coefficient (Wildman–Crippen LogP) is 2.09. The van der Waals surface area contributed by atoms with E-state index in [2.05, 4.69) is 10.3 Å². The molecule has 0 fully saturated rings. The molecular formula is C18H15FN2O3. The summed E-state index contributed by atoms with van der Waals surface area (Å²) in [7, 11) is 0. The highest BCUT2D eigenvalue weighted by Crippen LogP contribution is 2.15. The number of hydrogen-bond donors (Lipinski definition) is 3. The number of aliphatic hydroxyl groups is 1. The molecule has 122 valence electrons. The van der Waals surface area contributed by atoms with E-state index < -0.39 is 18.3 Å². The SMILES string of the molecule is O=C(NCc1ccc(F)c(CO)c1)c1cc(=O)[nH]c2ccccc12. The number of carbonyl (C=O) groups is 1. The lowest BCUT2D eigenvalue weighted by Gasteiger charge is -2.09. The number of H-pyrrole nitrogens is 1. The van der Waals surface area contributed by atoms with Crippen LogP contribution in [0.1, 0.15) is 21.5 Å². The van der Waals surface area contributed by atoms with E-state index in [-0.39, 0.29) is 23.2 Å². The smallest absolute Gasteiger partial charge is 0.252 e. The Morgan fingerprint density at radius 1 is 1.17 bits per heavy atom. The van der Waals surface area contributed by atoms with Crippen LogP contribution in [-0.4, -0.2) is 16.0 Å². The van der Waals surface area contributed by atoms with Crippen LogP contribution in [0, 0.1) is 5.82 Å². The molecule has 1 heterocycles. The van der Waals surface area contributed by atoms with Crippen molar-refractivity contribution in [3.8, 4) is 0 Å². The zero-order chi connectivity index (χ0) is 17.1. The summed E-state index contributed by atoms with van der Waals surface area (Å²) >= 11 is 0. The fourth-order valence-electron chi connectivity index (χ4n) is 2.53. The summed E-state index contributed by atoms with van der Waals surface area (Å²) in [5, 5.41) is 12.4. The van der Waals surface area contributed by atoms with E-state index in [0.717, 1.165) is 0 Å². The Kier molecular flexibility index (Phi) is 4.39. The summed E-state index contributed by atoms with van der Waals surface area (Å²) in [6.45, 7) is -0.250. The van der Waals surface area contributed by atoms with E-state index in [0.29, 0.717) is 16.5 Å². The zero-order valence-corrected chi connectivity index (χ0v) is 12.7. The summed E-state index contributed by atoms with van der Waals surface area (Å²) < 4.78 is 13.4. The fraction of sp³-hybridized carbons (Fsp3) is 0.111. The molecule has 1 amide bonds. The monoisotopic (exact) mass is 326 g/mol. The quantitative estimate of drug-likeness (QED) is 0.686. The number of halogens is 1. The van der Waals surface area contributed by atoms with Gasteiger partial charge in [0, 0.05) is 29.1 Å². The average Bonchev–Trinajstić information content (AvgIpc) is 2.60. The Morgan fingerprint density at radius 3 is 2.75 bits per heavy atom. The van der Waals surface area contributed by atoms with Gasteiger partial charge in [0.15, 0.2) is 0 Å². The Balaban J connectivity index is 1.84. The van der Waals surface area contributed by atoms with Gasteiger partial charge >= 0.3 is 0 Å². The molecule has 24 heavy (non-hydrogen) atoms. The van der Waals surface area contributed by atoms with Gasteiger partial charge in [-0.05, 0) is 23.8 Å². The number of fused-ring (bicyclic) bond motifs is 1. The second-order valence-corrected chi connectivity index (χ2v) is 5.36. The molecule has 0 aliphatic carbocycles. The first-order chi connectivity index (χ1) is 11.6. The molecule has 0 saturated heterocycles. The molecule has 3 N–H and O–H groups in total. The standard InChI is InChI=1S/C18H15FN2O3/c19-15-6-5-11(7-12(15)10-22)9-20-18(24)14-8-17(23)21-16-4-2-1-3-13(14)16/h1-8,22H,9-10H2,(H,20,24)(H,21,23). The van der Waals surface area contributed by atoms with E-state index >= 15 is 0 Å². The highest BCUT2D eigenvalue weighted by atomic mass is 19.1. The number of aromatic nitrogens is 1. The molecule has 0 spiro atoms. The van der Waals surface area contributed by atoms with E-state index in [1.807, 2.05) is 0 Å². The number of benzene rings is 2. The number of carbonyl (C=O) groups excluding carboxylic acids is 1. The molecule has 3 rings (SSSR count). The van der Waals surface area contributed by atoms with E-state index in [4.69, 9.17) is 5.11 Å². The lowest BCUT2D eigenvalue weighted by atomic mass is 10.1. The van der Waals surface area contributed by atoms with Gasteiger partial charge in [-0.25, -0.2) is 4.39 Å².